The summed E-state index contributed by atoms with van der Waals surface area (Å²) in [5.74, 6) is 0.164. The lowest BCUT2D eigenvalue weighted by molar-refractivity contribution is -0.149. The van der Waals surface area contributed by atoms with Gasteiger partial charge in [-0.3, -0.25) is 4.79 Å². The highest BCUT2D eigenvalue weighted by molar-refractivity contribution is 6.33. The van der Waals surface area contributed by atoms with Crippen LogP contribution < -0.4 is 14.8 Å². The van der Waals surface area contributed by atoms with Gasteiger partial charge in [0.15, 0.2) is 18.1 Å². The predicted molar refractivity (Wildman–Crippen MR) is 120 cm³/mol. The van der Waals surface area contributed by atoms with Gasteiger partial charge in [-0.05, 0) is 36.2 Å². The number of ether oxygens (including phenoxy) is 3. The van der Waals surface area contributed by atoms with E-state index in [1.807, 2.05) is 0 Å². The van der Waals surface area contributed by atoms with Crippen molar-refractivity contribution in [2.45, 2.75) is 26.5 Å². The minimum absolute atomic E-state index is 0.105. The van der Waals surface area contributed by atoms with Gasteiger partial charge >= 0.3 is 5.97 Å². The number of esters is 1. The number of amides is 1. The van der Waals surface area contributed by atoms with E-state index in [0.717, 1.165) is 0 Å². The SMILES string of the molecule is COc1ccc(-c2noc(COC(=O)[C@@H](NC(=O)c3ccccc3Cl)C(C)C)n2)cc1OC. The van der Waals surface area contributed by atoms with Crippen LogP contribution in [-0.2, 0) is 16.1 Å². The first-order valence-corrected chi connectivity index (χ1v) is 10.5. The highest BCUT2D eigenvalue weighted by Crippen LogP contribution is 2.31. The first-order valence-electron chi connectivity index (χ1n) is 10.1. The summed E-state index contributed by atoms with van der Waals surface area (Å²) >= 11 is 6.07. The molecule has 0 radical (unpaired) electrons. The van der Waals surface area contributed by atoms with Gasteiger partial charge in [0.05, 0.1) is 24.8 Å². The fraction of sp³-hybridized carbons (Fsp3) is 0.304. The molecule has 10 heteroatoms. The maximum absolute atomic E-state index is 12.7. The standard InChI is InChI=1S/C23H24ClN3O6/c1-13(2)20(26-22(28)15-7-5-6-8-16(15)24)23(29)32-12-19-25-21(27-33-19)14-9-10-17(30-3)18(11-14)31-4/h5-11,13,20H,12H2,1-4H3,(H,26,28)/t20-/m0/s1. The normalized spacial score (nSPS) is 11.7. The molecule has 1 amide bonds. The van der Waals surface area contributed by atoms with Crippen LogP contribution in [0.3, 0.4) is 0 Å². The third-order valence-electron chi connectivity index (χ3n) is 4.77. The van der Waals surface area contributed by atoms with Crippen LogP contribution in [0.15, 0.2) is 47.0 Å². The zero-order valence-corrected chi connectivity index (χ0v) is 19.4. The van der Waals surface area contributed by atoms with Gasteiger partial charge in [0.2, 0.25) is 5.82 Å². The lowest BCUT2D eigenvalue weighted by Crippen LogP contribution is -2.45. The molecule has 0 aliphatic heterocycles. The fourth-order valence-electron chi connectivity index (χ4n) is 2.99. The molecule has 0 fully saturated rings. The Morgan fingerprint density at radius 2 is 1.82 bits per heavy atom. The number of benzene rings is 2. The van der Waals surface area contributed by atoms with Crippen LogP contribution in [0.2, 0.25) is 5.02 Å². The number of aromatic nitrogens is 2. The molecule has 174 valence electrons. The third-order valence-corrected chi connectivity index (χ3v) is 5.10. The summed E-state index contributed by atoms with van der Waals surface area (Å²) in [4.78, 5) is 29.5. The van der Waals surface area contributed by atoms with Crippen molar-refractivity contribution in [3.8, 4) is 22.9 Å². The zero-order valence-electron chi connectivity index (χ0n) is 18.6. The summed E-state index contributed by atoms with van der Waals surface area (Å²) in [6, 6.07) is 10.9. The summed E-state index contributed by atoms with van der Waals surface area (Å²) < 4.78 is 21.0. The van der Waals surface area contributed by atoms with Gasteiger partial charge in [-0.2, -0.15) is 4.98 Å². The average Bonchev–Trinajstić information content (AvgIpc) is 3.29. The van der Waals surface area contributed by atoms with E-state index in [9.17, 15) is 9.59 Å². The van der Waals surface area contributed by atoms with E-state index in [1.165, 1.54) is 7.11 Å². The largest absolute Gasteiger partial charge is 0.493 e. The number of methoxy groups -OCH3 is 2. The van der Waals surface area contributed by atoms with Crippen LogP contribution in [0.4, 0.5) is 0 Å². The van der Waals surface area contributed by atoms with Gasteiger partial charge < -0.3 is 24.1 Å². The Hall–Kier alpha value is -3.59. The molecule has 0 saturated carbocycles. The second-order valence-electron chi connectivity index (χ2n) is 7.36. The van der Waals surface area contributed by atoms with Gasteiger partial charge in [0, 0.05) is 5.56 Å². The monoisotopic (exact) mass is 473 g/mol. The molecule has 0 saturated heterocycles. The van der Waals surface area contributed by atoms with Crippen molar-refractivity contribution in [3.63, 3.8) is 0 Å². The van der Waals surface area contributed by atoms with Crippen molar-refractivity contribution in [1.82, 2.24) is 15.5 Å². The Labute approximate surface area is 196 Å². The van der Waals surface area contributed by atoms with E-state index in [0.29, 0.717) is 27.9 Å². The Kier molecular flexibility index (Phi) is 7.89. The summed E-state index contributed by atoms with van der Waals surface area (Å²) in [5, 5.41) is 6.88. The molecule has 3 rings (SSSR count). The average molecular weight is 474 g/mol. The maximum Gasteiger partial charge on any atom is 0.329 e. The molecule has 33 heavy (non-hydrogen) atoms. The molecule has 2 aromatic carbocycles. The number of nitrogens with zero attached hydrogens (tertiary/aromatic N) is 2. The number of carbonyl (C=O) groups is 2. The van der Waals surface area contributed by atoms with Crippen molar-refractivity contribution < 1.29 is 28.3 Å². The number of hydrogen-bond donors (Lipinski definition) is 1. The second-order valence-corrected chi connectivity index (χ2v) is 7.77. The van der Waals surface area contributed by atoms with Gasteiger partial charge in [-0.25, -0.2) is 4.79 Å². The highest BCUT2D eigenvalue weighted by atomic mass is 35.5. The van der Waals surface area contributed by atoms with Crippen molar-refractivity contribution in [2.75, 3.05) is 14.2 Å². The minimum Gasteiger partial charge on any atom is -0.493 e. The Balaban J connectivity index is 1.65. The lowest BCUT2D eigenvalue weighted by Gasteiger charge is -2.20. The number of nitrogens with one attached hydrogen (secondary N) is 1. The van der Waals surface area contributed by atoms with Crippen molar-refractivity contribution in [1.29, 1.82) is 0 Å². The Morgan fingerprint density at radius 1 is 1.09 bits per heavy atom. The molecule has 1 N–H and O–H groups in total. The lowest BCUT2D eigenvalue weighted by atomic mass is 10.0. The molecule has 0 aliphatic rings. The third kappa shape index (κ3) is 5.81. The molecule has 1 heterocycles. The van der Waals surface area contributed by atoms with Crippen LogP contribution in [0.25, 0.3) is 11.4 Å². The molecule has 0 bridgehead atoms. The first-order chi connectivity index (χ1) is 15.8. The van der Waals surface area contributed by atoms with E-state index in [1.54, 1.807) is 63.4 Å². The Bertz CT molecular complexity index is 1130. The Morgan fingerprint density at radius 3 is 2.48 bits per heavy atom. The molecule has 9 nitrogen and oxygen atoms in total. The van der Waals surface area contributed by atoms with E-state index in [2.05, 4.69) is 15.5 Å². The van der Waals surface area contributed by atoms with E-state index >= 15 is 0 Å². The number of halogens is 1. The van der Waals surface area contributed by atoms with E-state index in [4.69, 9.17) is 30.3 Å². The summed E-state index contributed by atoms with van der Waals surface area (Å²) in [6.07, 6.45) is 0. The predicted octanol–water partition coefficient (Wildman–Crippen LogP) is 3.91. The molecule has 3 aromatic rings. The fourth-order valence-corrected chi connectivity index (χ4v) is 3.21. The van der Waals surface area contributed by atoms with Crippen LogP contribution in [0, 0.1) is 5.92 Å². The summed E-state index contributed by atoms with van der Waals surface area (Å²) in [6.45, 7) is 3.34. The van der Waals surface area contributed by atoms with E-state index in [-0.39, 0.29) is 24.0 Å². The molecule has 1 aromatic heterocycles. The van der Waals surface area contributed by atoms with Crippen LogP contribution in [0.5, 0.6) is 11.5 Å². The molecule has 0 spiro atoms. The van der Waals surface area contributed by atoms with Gasteiger partial charge in [-0.1, -0.05) is 42.7 Å². The molecule has 0 unspecified atom stereocenters. The van der Waals surface area contributed by atoms with Gasteiger partial charge in [0.25, 0.3) is 11.8 Å². The number of rotatable bonds is 9. The van der Waals surface area contributed by atoms with Gasteiger partial charge in [0.1, 0.15) is 6.04 Å². The molecule has 1 atom stereocenters. The topological polar surface area (TPSA) is 113 Å². The number of hydrogen-bond acceptors (Lipinski definition) is 8. The quantitative estimate of drug-likeness (QED) is 0.465. The maximum atomic E-state index is 12.7. The van der Waals surface area contributed by atoms with Crippen molar-refractivity contribution >= 4 is 23.5 Å². The van der Waals surface area contributed by atoms with Crippen LogP contribution in [-0.4, -0.2) is 42.3 Å². The van der Waals surface area contributed by atoms with E-state index < -0.39 is 17.9 Å². The highest BCUT2D eigenvalue weighted by Gasteiger charge is 2.27. The number of carbonyl (C=O) groups excluding carboxylic acids is 2. The summed E-state index contributed by atoms with van der Waals surface area (Å²) in [7, 11) is 3.07. The van der Waals surface area contributed by atoms with Gasteiger partial charge in [-0.15, -0.1) is 0 Å². The minimum atomic E-state index is -0.887. The second kappa shape index (κ2) is 10.8. The molecular weight excluding hydrogens is 450 g/mol. The van der Waals surface area contributed by atoms with Crippen LogP contribution >= 0.6 is 11.6 Å². The molecule has 0 aliphatic carbocycles. The smallest absolute Gasteiger partial charge is 0.329 e. The summed E-state index contributed by atoms with van der Waals surface area (Å²) in [5.41, 5.74) is 0.912. The molecular formula is C23H24ClN3O6. The van der Waals surface area contributed by atoms with Crippen molar-refractivity contribution in [2.24, 2.45) is 5.92 Å². The zero-order chi connectivity index (χ0) is 24.0. The van der Waals surface area contributed by atoms with Crippen LogP contribution in [0.1, 0.15) is 30.1 Å². The first kappa shape index (κ1) is 24.1. The van der Waals surface area contributed by atoms with Crippen molar-refractivity contribution in [3.05, 3.63) is 58.9 Å².